The summed E-state index contributed by atoms with van der Waals surface area (Å²) in [6, 6.07) is 7.25. The van der Waals surface area contributed by atoms with Crippen molar-refractivity contribution in [1.29, 1.82) is 0 Å². The molecule has 2 fully saturated rings. The maximum Gasteiger partial charge on any atom is 0.417 e. The molecule has 0 amide bonds. The maximum absolute atomic E-state index is 15.3. The molecule has 2 unspecified atom stereocenters. The predicted molar refractivity (Wildman–Crippen MR) is 132 cm³/mol. The number of aromatic nitrogens is 1. The van der Waals surface area contributed by atoms with Gasteiger partial charge in [0.2, 0.25) is 5.88 Å². The van der Waals surface area contributed by atoms with Gasteiger partial charge in [-0.2, -0.15) is 13.2 Å². The van der Waals surface area contributed by atoms with E-state index in [0.29, 0.717) is 49.5 Å². The number of halogens is 5. The van der Waals surface area contributed by atoms with Crippen molar-refractivity contribution in [3.05, 3.63) is 76.5 Å². The average Bonchev–Trinajstić information content (AvgIpc) is 3.53. The van der Waals surface area contributed by atoms with Crippen molar-refractivity contribution in [3.63, 3.8) is 0 Å². The van der Waals surface area contributed by atoms with Crippen LogP contribution in [0.2, 0.25) is 0 Å². The minimum absolute atomic E-state index is 0.125. The molecule has 6 rings (SSSR count). The van der Waals surface area contributed by atoms with Gasteiger partial charge in [0.05, 0.1) is 11.2 Å². The number of ether oxygens (including phenoxy) is 1. The predicted octanol–water partition coefficient (Wildman–Crippen LogP) is 6.64. The summed E-state index contributed by atoms with van der Waals surface area (Å²) in [7, 11) is 0. The Hall–Kier alpha value is -3.20. The SMILES string of the molecule is CC1(O)CCN(c2ccc(-c3cc(COc4cc5c(cn4)C4CC4C5)c(F)cc3C(F)(F)F)c(F)c2)CC1. The monoisotopic (exact) mass is 530 g/mol. The van der Waals surface area contributed by atoms with E-state index in [2.05, 4.69) is 4.98 Å². The summed E-state index contributed by atoms with van der Waals surface area (Å²) in [6.07, 6.45) is -0.0131. The van der Waals surface area contributed by atoms with Gasteiger partial charge >= 0.3 is 6.18 Å². The van der Waals surface area contributed by atoms with Gasteiger partial charge in [0, 0.05) is 42.2 Å². The lowest BCUT2D eigenvalue weighted by atomic mass is 9.93. The summed E-state index contributed by atoms with van der Waals surface area (Å²) < 4.78 is 77.4. The number of hydrogen-bond donors (Lipinski definition) is 1. The van der Waals surface area contributed by atoms with Crippen LogP contribution in [0.15, 0.2) is 42.6 Å². The summed E-state index contributed by atoms with van der Waals surface area (Å²) in [4.78, 5) is 6.16. The van der Waals surface area contributed by atoms with E-state index in [1.54, 1.807) is 19.2 Å². The standard InChI is InChI=1S/C29H27F5N2O2/c1-28(37)4-6-36(7-5-28)19-2-3-20(26(31)12-19)22-10-18(25(30)13-24(22)29(32,33)34)15-38-27-11-17-8-16-9-21(16)23(17)14-35-27/h2-3,10-14,16,21,37H,4-9,15H2,1H3. The third kappa shape index (κ3) is 4.72. The fraction of sp³-hybridized carbons (Fsp3) is 0.414. The zero-order chi connectivity index (χ0) is 26.8. The summed E-state index contributed by atoms with van der Waals surface area (Å²) in [5.74, 6) is -0.430. The minimum atomic E-state index is -4.89. The maximum atomic E-state index is 15.3. The zero-order valence-corrected chi connectivity index (χ0v) is 20.8. The van der Waals surface area contributed by atoms with Crippen molar-refractivity contribution in [2.75, 3.05) is 18.0 Å². The second-order valence-electron chi connectivity index (χ2n) is 11.0. The van der Waals surface area contributed by atoms with E-state index in [0.717, 1.165) is 18.1 Å². The van der Waals surface area contributed by atoms with Gasteiger partial charge in [-0.1, -0.05) is 0 Å². The quantitative estimate of drug-likeness (QED) is 0.376. The molecule has 1 N–H and O–H groups in total. The molecule has 9 heteroatoms. The van der Waals surface area contributed by atoms with Gasteiger partial charge in [0.15, 0.2) is 0 Å². The number of piperidine rings is 1. The Labute approximate surface area is 217 Å². The first-order valence-corrected chi connectivity index (χ1v) is 12.8. The van der Waals surface area contributed by atoms with Gasteiger partial charge in [-0.25, -0.2) is 13.8 Å². The molecule has 2 heterocycles. The Morgan fingerprint density at radius 2 is 1.82 bits per heavy atom. The van der Waals surface area contributed by atoms with E-state index < -0.39 is 34.5 Å². The van der Waals surface area contributed by atoms with E-state index in [1.165, 1.54) is 24.1 Å². The molecule has 1 aliphatic heterocycles. The third-order valence-electron chi connectivity index (χ3n) is 8.12. The molecule has 1 saturated carbocycles. The zero-order valence-electron chi connectivity index (χ0n) is 20.8. The van der Waals surface area contributed by atoms with Crippen LogP contribution in [0.3, 0.4) is 0 Å². The number of aliphatic hydroxyl groups is 1. The van der Waals surface area contributed by atoms with Crippen LogP contribution in [0, 0.1) is 17.6 Å². The lowest BCUT2D eigenvalue weighted by molar-refractivity contribution is -0.137. The number of benzene rings is 2. The summed E-state index contributed by atoms with van der Waals surface area (Å²) in [5, 5.41) is 10.2. The smallest absolute Gasteiger partial charge is 0.417 e. The average molecular weight is 531 g/mol. The van der Waals surface area contributed by atoms with Crippen molar-refractivity contribution in [1.82, 2.24) is 4.98 Å². The molecule has 38 heavy (non-hydrogen) atoms. The van der Waals surface area contributed by atoms with Crippen LogP contribution in [0.25, 0.3) is 11.1 Å². The molecule has 2 aromatic carbocycles. The van der Waals surface area contributed by atoms with Gasteiger partial charge in [-0.3, -0.25) is 0 Å². The topological polar surface area (TPSA) is 45.6 Å². The molecule has 0 radical (unpaired) electrons. The molecular weight excluding hydrogens is 503 g/mol. The number of hydrogen-bond acceptors (Lipinski definition) is 4. The molecule has 3 aromatic rings. The number of fused-ring (bicyclic) bond motifs is 3. The normalized spacial score (nSPS) is 21.7. The Bertz CT molecular complexity index is 1390. The molecule has 0 bridgehead atoms. The highest BCUT2D eigenvalue weighted by Gasteiger charge is 2.45. The molecule has 4 nitrogen and oxygen atoms in total. The Morgan fingerprint density at radius 1 is 1.05 bits per heavy atom. The van der Waals surface area contributed by atoms with Crippen LogP contribution in [-0.2, 0) is 19.2 Å². The van der Waals surface area contributed by atoms with Crippen LogP contribution in [-0.4, -0.2) is 28.8 Å². The van der Waals surface area contributed by atoms with E-state index in [-0.39, 0.29) is 23.6 Å². The van der Waals surface area contributed by atoms with Gasteiger partial charge in [0.1, 0.15) is 18.2 Å². The number of rotatable bonds is 5. The van der Waals surface area contributed by atoms with Crippen molar-refractivity contribution < 1.29 is 31.8 Å². The van der Waals surface area contributed by atoms with Gasteiger partial charge in [-0.05, 0) is 91.5 Å². The number of alkyl halides is 3. The van der Waals surface area contributed by atoms with Crippen LogP contribution < -0.4 is 9.64 Å². The highest BCUT2D eigenvalue weighted by Crippen LogP contribution is 2.56. The van der Waals surface area contributed by atoms with Crippen LogP contribution in [0.4, 0.5) is 27.6 Å². The lowest BCUT2D eigenvalue weighted by Gasteiger charge is -2.37. The fourth-order valence-electron chi connectivity index (χ4n) is 5.72. The Kier molecular flexibility index (Phi) is 5.90. The van der Waals surface area contributed by atoms with E-state index in [9.17, 15) is 22.7 Å². The first-order valence-electron chi connectivity index (χ1n) is 12.8. The highest BCUT2D eigenvalue weighted by molar-refractivity contribution is 5.72. The largest absolute Gasteiger partial charge is 0.473 e. The van der Waals surface area contributed by atoms with Crippen LogP contribution in [0.5, 0.6) is 5.88 Å². The highest BCUT2D eigenvalue weighted by atomic mass is 19.4. The second kappa shape index (κ2) is 8.93. The third-order valence-corrected chi connectivity index (χ3v) is 8.12. The van der Waals surface area contributed by atoms with Crippen molar-refractivity contribution >= 4 is 5.69 Å². The number of pyridine rings is 1. The first-order chi connectivity index (χ1) is 18.0. The summed E-state index contributed by atoms with van der Waals surface area (Å²) in [5.41, 5.74) is -0.0379. The number of nitrogens with zero attached hydrogens (tertiary/aromatic N) is 2. The van der Waals surface area contributed by atoms with Crippen molar-refractivity contribution in [2.45, 2.75) is 56.9 Å². The van der Waals surface area contributed by atoms with E-state index in [4.69, 9.17) is 4.74 Å². The van der Waals surface area contributed by atoms with Crippen molar-refractivity contribution in [2.24, 2.45) is 5.92 Å². The summed E-state index contributed by atoms with van der Waals surface area (Å²) >= 11 is 0. The Balaban J connectivity index is 1.28. The van der Waals surface area contributed by atoms with Crippen LogP contribution >= 0.6 is 0 Å². The molecule has 1 aromatic heterocycles. The number of anilines is 1. The van der Waals surface area contributed by atoms with Gasteiger partial charge in [-0.15, -0.1) is 0 Å². The first kappa shape index (κ1) is 25.1. The van der Waals surface area contributed by atoms with E-state index >= 15 is 4.39 Å². The van der Waals surface area contributed by atoms with Crippen LogP contribution in [0.1, 0.15) is 54.4 Å². The lowest BCUT2D eigenvalue weighted by Crippen LogP contribution is -2.42. The molecule has 1 saturated heterocycles. The van der Waals surface area contributed by atoms with E-state index in [1.807, 2.05) is 11.0 Å². The second-order valence-corrected chi connectivity index (χ2v) is 11.0. The molecular formula is C29H27F5N2O2. The van der Waals surface area contributed by atoms with Crippen molar-refractivity contribution in [3.8, 4) is 17.0 Å². The summed E-state index contributed by atoms with van der Waals surface area (Å²) in [6.45, 7) is 2.39. The molecule has 3 aliphatic rings. The molecule has 200 valence electrons. The van der Waals surface area contributed by atoms with Gasteiger partial charge < -0.3 is 14.7 Å². The van der Waals surface area contributed by atoms with Gasteiger partial charge in [0.25, 0.3) is 0 Å². The Morgan fingerprint density at radius 3 is 2.53 bits per heavy atom. The molecule has 2 aliphatic carbocycles. The minimum Gasteiger partial charge on any atom is -0.473 e. The fourth-order valence-corrected chi connectivity index (χ4v) is 5.72. The molecule has 0 spiro atoms. The molecule has 2 atom stereocenters.